The summed E-state index contributed by atoms with van der Waals surface area (Å²) < 4.78 is 0. The van der Waals surface area contributed by atoms with E-state index in [1.54, 1.807) is 12.1 Å². The lowest BCUT2D eigenvalue weighted by atomic mass is 10.1. The topological polar surface area (TPSA) is 81.5 Å². The van der Waals surface area contributed by atoms with Gasteiger partial charge in [-0.1, -0.05) is 29.3 Å². The van der Waals surface area contributed by atoms with Crippen molar-refractivity contribution >= 4 is 35.3 Å². The van der Waals surface area contributed by atoms with Crippen molar-refractivity contribution in [3.8, 4) is 0 Å². The van der Waals surface area contributed by atoms with Gasteiger partial charge in [0, 0.05) is 10.6 Å². The molecular weight excluding hydrogens is 237 g/mol. The molecule has 80 valence electrons. The van der Waals surface area contributed by atoms with Gasteiger partial charge in [0.2, 0.25) is 5.91 Å². The van der Waals surface area contributed by atoms with Crippen LogP contribution in [0.15, 0.2) is 17.2 Å². The quantitative estimate of drug-likeness (QED) is 0.479. The van der Waals surface area contributed by atoms with E-state index < -0.39 is 5.91 Å². The number of halogens is 2. The Balaban J connectivity index is 3.23. The summed E-state index contributed by atoms with van der Waals surface area (Å²) in [5, 5.41) is 4.09. The molecule has 4 nitrogen and oxygen atoms in total. The second-order valence-corrected chi connectivity index (χ2v) is 3.64. The van der Waals surface area contributed by atoms with Crippen LogP contribution in [0.5, 0.6) is 0 Å². The van der Waals surface area contributed by atoms with Gasteiger partial charge in [-0.05, 0) is 11.6 Å². The number of hydrogen-bond acceptors (Lipinski definition) is 3. The van der Waals surface area contributed by atoms with Gasteiger partial charge < -0.3 is 11.6 Å². The predicted octanol–water partition coefficient (Wildman–Crippen LogP) is 1.31. The summed E-state index contributed by atoms with van der Waals surface area (Å²) in [4.78, 5) is 10.8. The molecule has 0 radical (unpaired) electrons. The highest BCUT2D eigenvalue weighted by atomic mass is 35.5. The van der Waals surface area contributed by atoms with Gasteiger partial charge in [-0.2, -0.15) is 5.10 Å². The number of primary amides is 1. The average Bonchev–Trinajstić information content (AvgIpc) is 2.17. The third-order valence-electron chi connectivity index (χ3n) is 1.78. The molecule has 0 aromatic heterocycles. The monoisotopic (exact) mass is 245 g/mol. The Morgan fingerprint density at radius 1 is 1.47 bits per heavy atom. The first kappa shape index (κ1) is 11.8. The van der Waals surface area contributed by atoms with Crippen LogP contribution in [-0.2, 0) is 11.2 Å². The van der Waals surface area contributed by atoms with Gasteiger partial charge >= 0.3 is 0 Å². The summed E-state index contributed by atoms with van der Waals surface area (Å²) >= 11 is 11.9. The Bertz CT molecular complexity index is 418. The van der Waals surface area contributed by atoms with Crippen molar-refractivity contribution in [2.45, 2.75) is 6.42 Å². The zero-order valence-corrected chi connectivity index (χ0v) is 9.22. The molecule has 15 heavy (non-hydrogen) atoms. The number of benzene rings is 1. The van der Waals surface area contributed by atoms with Crippen molar-refractivity contribution in [1.29, 1.82) is 0 Å². The molecule has 4 N–H and O–H groups in total. The number of hydrogen-bond donors (Lipinski definition) is 2. The summed E-state index contributed by atoms with van der Waals surface area (Å²) in [5.41, 5.74) is 6.16. The fourth-order valence-corrected chi connectivity index (χ4v) is 1.69. The summed E-state index contributed by atoms with van der Waals surface area (Å²) in [5.74, 6) is 4.51. The van der Waals surface area contributed by atoms with Crippen molar-refractivity contribution in [2.24, 2.45) is 16.7 Å². The van der Waals surface area contributed by atoms with Crippen molar-refractivity contribution in [1.82, 2.24) is 0 Å². The summed E-state index contributed by atoms with van der Waals surface area (Å²) in [6, 6.07) is 3.27. The Labute approximate surface area is 96.8 Å². The number of hydrazone groups is 1. The first-order valence-electron chi connectivity index (χ1n) is 4.04. The van der Waals surface area contributed by atoms with Crippen LogP contribution >= 0.6 is 23.2 Å². The standard InChI is InChI=1S/C9H9Cl2N3O/c10-7-2-1-5(4-14-13)9(11)6(7)3-8(12)15/h1-2,4H,3,13H2,(H2,12,15). The smallest absolute Gasteiger partial charge is 0.221 e. The molecule has 1 amide bonds. The molecule has 0 saturated heterocycles. The average molecular weight is 246 g/mol. The van der Waals surface area contributed by atoms with Crippen LogP contribution in [0.4, 0.5) is 0 Å². The van der Waals surface area contributed by atoms with E-state index in [1.807, 2.05) is 0 Å². The summed E-state index contributed by atoms with van der Waals surface area (Å²) in [6.07, 6.45) is 1.37. The largest absolute Gasteiger partial charge is 0.369 e. The molecular formula is C9H9Cl2N3O. The first-order valence-corrected chi connectivity index (χ1v) is 4.80. The lowest BCUT2D eigenvalue weighted by Gasteiger charge is -2.07. The van der Waals surface area contributed by atoms with E-state index in [0.29, 0.717) is 21.2 Å². The van der Waals surface area contributed by atoms with E-state index in [-0.39, 0.29) is 6.42 Å². The molecule has 1 aromatic carbocycles. The fourth-order valence-electron chi connectivity index (χ4n) is 1.13. The number of rotatable bonds is 3. The van der Waals surface area contributed by atoms with E-state index in [2.05, 4.69) is 5.10 Å². The molecule has 0 fully saturated rings. The van der Waals surface area contributed by atoms with E-state index in [4.69, 9.17) is 34.8 Å². The highest BCUT2D eigenvalue weighted by molar-refractivity contribution is 6.37. The fraction of sp³-hybridized carbons (Fsp3) is 0.111. The Hall–Kier alpha value is -1.26. The van der Waals surface area contributed by atoms with E-state index >= 15 is 0 Å². The van der Waals surface area contributed by atoms with Crippen LogP contribution in [0.2, 0.25) is 10.0 Å². The summed E-state index contributed by atoms with van der Waals surface area (Å²) in [6.45, 7) is 0. The number of carbonyl (C=O) groups excluding carboxylic acids is 1. The maximum atomic E-state index is 10.8. The van der Waals surface area contributed by atoms with Crippen molar-refractivity contribution in [3.05, 3.63) is 33.3 Å². The highest BCUT2D eigenvalue weighted by Crippen LogP contribution is 2.27. The van der Waals surface area contributed by atoms with Crippen molar-refractivity contribution in [2.75, 3.05) is 0 Å². The molecule has 0 spiro atoms. The molecule has 0 aliphatic heterocycles. The van der Waals surface area contributed by atoms with Gasteiger partial charge in [0.05, 0.1) is 17.7 Å². The number of nitrogens with two attached hydrogens (primary N) is 2. The molecule has 1 aromatic rings. The first-order chi connectivity index (χ1) is 7.06. The normalized spacial score (nSPS) is 10.8. The van der Waals surface area contributed by atoms with E-state index in [0.717, 1.165) is 0 Å². The predicted molar refractivity (Wildman–Crippen MR) is 61.1 cm³/mol. The summed E-state index contributed by atoms with van der Waals surface area (Å²) in [7, 11) is 0. The van der Waals surface area contributed by atoms with Gasteiger partial charge in [0.15, 0.2) is 0 Å². The molecule has 1 rings (SSSR count). The van der Waals surface area contributed by atoms with Crippen LogP contribution in [0, 0.1) is 0 Å². The van der Waals surface area contributed by atoms with Gasteiger partial charge in [-0.25, -0.2) is 0 Å². The zero-order valence-electron chi connectivity index (χ0n) is 7.71. The Morgan fingerprint density at radius 2 is 2.13 bits per heavy atom. The minimum absolute atomic E-state index is 0.0100. The number of amides is 1. The zero-order chi connectivity index (χ0) is 11.4. The molecule has 0 atom stereocenters. The van der Waals surface area contributed by atoms with Crippen LogP contribution in [0.3, 0.4) is 0 Å². The second kappa shape index (κ2) is 5.00. The number of carbonyl (C=O) groups is 1. The molecule has 0 bridgehead atoms. The minimum atomic E-state index is -0.499. The van der Waals surface area contributed by atoms with Crippen molar-refractivity contribution in [3.63, 3.8) is 0 Å². The van der Waals surface area contributed by atoms with E-state index in [9.17, 15) is 4.79 Å². The maximum Gasteiger partial charge on any atom is 0.221 e. The molecule has 0 aliphatic carbocycles. The molecule has 0 heterocycles. The third-order valence-corrected chi connectivity index (χ3v) is 2.58. The van der Waals surface area contributed by atoms with Crippen molar-refractivity contribution < 1.29 is 4.79 Å². The Morgan fingerprint density at radius 3 is 2.67 bits per heavy atom. The van der Waals surface area contributed by atoms with Gasteiger partial charge in [-0.15, -0.1) is 0 Å². The van der Waals surface area contributed by atoms with Crippen LogP contribution in [0.25, 0.3) is 0 Å². The van der Waals surface area contributed by atoms with Gasteiger partial charge in [-0.3, -0.25) is 4.79 Å². The lowest BCUT2D eigenvalue weighted by molar-refractivity contribution is -0.117. The minimum Gasteiger partial charge on any atom is -0.369 e. The molecule has 0 saturated carbocycles. The van der Waals surface area contributed by atoms with Crippen LogP contribution in [-0.4, -0.2) is 12.1 Å². The van der Waals surface area contributed by atoms with Gasteiger partial charge in [0.25, 0.3) is 0 Å². The lowest BCUT2D eigenvalue weighted by Crippen LogP contribution is -2.14. The second-order valence-electron chi connectivity index (χ2n) is 2.85. The molecule has 0 aliphatic rings. The van der Waals surface area contributed by atoms with Crippen LogP contribution < -0.4 is 11.6 Å². The Kier molecular flexibility index (Phi) is 3.94. The van der Waals surface area contributed by atoms with E-state index in [1.165, 1.54) is 6.21 Å². The van der Waals surface area contributed by atoms with Crippen LogP contribution in [0.1, 0.15) is 11.1 Å². The SMILES string of the molecule is NN=Cc1ccc(Cl)c(CC(N)=O)c1Cl. The molecule has 6 heteroatoms. The van der Waals surface area contributed by atoms with Gasteiger partial charge in [0.1, 0.15) is 0 Å². The maximum absolute atomic E-state index is 10.8. The third kappa shape index (κ3) is 2.84. The molecule has 0 unspecified atom stereocenters. The highest BCUT2D eigenvalue weighted by Gasteiger charge is 2.11. The number of nitrogens with zero attached hydrogens (tertiary/aromatic N) is 1.